The predicted octanol–water partition coefficient (Wildman–Crippen LogP) is 3.47. The fourth-order valence-corrected chi connectivity index (χ4v) is 2.87. The van der Waals surface area contributed by atoms with Gasteiger partial charge in [0.25, 0.3) is 0 Å². The van der Waals surface area contributed by atoms with E-state index < -0.39 is 0 Å². The lowest BCUT2D eigenvalue weighted by molar-refractivity contribution is 0.252. The van der Waals surface area contributed by atoms with E-state index in [0.29, 0.717) is 11.9 Å². The number of halogens is 1. The van der Waals surface area contributed by atoms with Crippen LogP contribution in [0.5, 0.6) is 11.6 Å². The molecular weight excluding hydrogens is 332 g/mol. The summed E-state index contributed by atoms with van der Waals surface area (Å²) in [5, 5.41) is 3.59. The molecule has 0 spiro atoms. The number of hydrogen-bond acceptors (Lipinski definition) is 4. The van der Waals surface area contributed by atoms with Crippen LogP contribution < -0.4 is 14.8 Å². The van der Waals surface area contributed by atoms with Gasteiger partial charge in [0.2, 0.25) is 5.88 Å². The first-order chi connectivity index (χ1) is 10.3. The molecule has 3 rings (SSSR count). The molecule has 110 valence electrons. The first-order valence-corrected chi connectivity index (χ1v) is 7.70. The first kappa shape index (κ1) is 14.4. The Bertz CT molecular complexity index is 633. The number of nitrogens with one attached hydrogen (secondary N) is 1. The normalized spacial score (nSPS) is 17.0. The minimum Gasteiger partial charge on any atom is -0.493 e. The third kappa shape index (κ3) is 3.36. The minimum atomic E-state index is 0.297. The molecule has 0 amide bonds. The molecule has 1 N–H and O–H groups in total. The Morgan fingerprint density at radius 2 is 2.29 bits per heavy atom. The zero-order valence-electron chi connectivity index (χ0n) is 11.8. The minimum absolute atomic E-state index is 0.297. The van der Waals surface area contributed by atoms with E-state index in [1.807, 2.05) is 24.3 Å². The maximum absolute atomic E-state index is 5.71. The van der Waals surface area contributed by atoms with E-state index in [1.54, 1.807) is 13.3 Å². The lowest BCUT2D eigenvalue weighted by atomic mass is 10.0. The van der Waals surface area contributed by atoms with Crippen molar-refractivity contribution in [2.45, 2.75) is 19.0 Å². The Morgan fingerprint density at radius 3 is 3.14 bits per heavy atom. The Kier molecular flexibility index (Phi) is 4.41. The van der Waals surface area contributed by atoms with E-state index in [2.05, 4.69) is 32.3 Å². The zero-order chi connectivity index (χ0) is 14.7. The molecule has 0 saturated heterocycles. The first-order valence-electron chi connectivity index (χ1n) is 6.91. The number of hydrogen-bond donors (Lipinski definition) is 1. The molecule has 2 aromatic rings. The second-order valence-corrected chi connectivity index (χ2v) is 5.87. The molecule has 4 nitrogen and oxygen atoms in total. The van der Waals surface area contributed by atoms with E-state index in [9.17, 15) is 0 Å². The van der Waals surface area contributed by atoms with E-state index >= 15 is 0 Å². The average molecular weight is 349 g/mol. The van der Waals surface area contributed by atoms with Crippen LogP contribution in [0.3, 0.4) is 0 Å². The SMILES string of the molecule is COc1cc(CNC2CCOc3ccc(Br)cc32)ccn1. The van der Waals surface area contributed by atoms with Crippen molar-refractivity contribution < 1.29 is 9.47 Å². The molecule has 5 heteroatoms. The van der Waals surface area contributed by atoms with E-state index in [1.165, 1.54) is 5.56 Å². The number of aromatic nitrogens is 1. The van der Waals surface area contributed by atoms with Crippen LogP contribution in [-0.4, -0.2) is 18.7 Å². The average Bonchev–Trinajstić information content (AvgIpc) is 2.53. The summed E-state index contributed by atoms with van der Waals surface area (Å²) in [6.07, 6.45) is 2.73. The van der Waals surface area contributed by atoms with Crippen LogP contribution in [0.4, 0.5) is 0 Å². The van der Waals surface area contributed by atoms with Gasteiger partial charge >= 0.3 is 0 Å². The van der Waals surface area contributed by atoms with Crippen molar-refractivity contribution in [3.05, 3.63) is 52.1 Å². The second kappa shape index (κ2) is 6.45. The molecule has 2 heterocycles. The number of nitrogens with zero attached hydrogens (tertiary/aromatic N) is 1. The Hall–Kier alpha value is -1.59. The van der Waals surface area contributed by atoms with Crippen molar-refractivity contribution >= 4 is 15.9 Å². The van der Waals surface area contributed by atoms with Gasteiger partial charge < -0.3 is 14.8 Å². The smallest absolute Gasteiger partial charge is 0.213 e. The highest BCUT2D eigenvalue weighted by atomic mass is 79.9. The van der Waals surface area contributed by atoms with E-state index in [0.717, 1.165) is 35.4 Å². The molecule has 1 aromatic carbocycles. The number of pyridine rings is 1. The standard InChI is InChI=1S/C16H17BrN2O2/c1-20-16-8-11(4-6-18-16)10-19-14-5-7-21-15-3-2-12(17)9-13(14)15/h2-4,6,8-9,14,19H,5,7,10H2,1H3. The van der Waals surface area contributed by atoms with Crippen LogP contribution in [0.1, 0.15) is 23.6 Å². The summed E-state index contributed by atoms with van der Waals surface area (Å²) in [7, 11) is 1.63. The molecule has 1 aliphatic rings. The van der Waals surface area contributed by atoms with Gasteiger partial charge in [0.05, 0.1) is 13.7 Å². The van der Waals surface area contributed by atoms with Gasteiger partial charge in [-0.3, -0.25) is 0 Å². The molecule has 0 bridgehead atoms. The molecule has 0 radical (unpaired) electrons. The molecule has 21 heavy (non-hydrogen) atoms. The second-order valence-electron chi connectivity index (χ2n) is 4.96. The molecule has 0 aliphatic carbocycles. The summed E-state index contributed by atoms with van der Waals surface area (Å²) in [5.41, 5.74) is 2.36. The Balaban J connectivity index is 1.73. The molecule has 1 unspecified atom stereocenters. The molecule has 0 saturated carbocycles. The molecular formula is C16H17BrN2O2. The predicted molar refractivity (Wildman–Crippen MR) is 84.6 cm³/mol. The lowest BCUT2D eigenvalue weighted by Crippen LogP contribution is -2.26. The maximum atomic E-state index is 5.71. The molecule has 1 atom stereocenters. The van der Waals surface area contributed by atoms with Gasteiger partial charge in [-0.15, -0.1) is 0 Å². The Labute approximate surface area is 132 Å². The van der Waals surface area contributed by atoms with Gasteiger partial charge in [0.1, 0.15) is 5.75 Å². The number of ether oxygens (including phenoxy) is 2. The van der Waals surface area contributed by atoms with Gasteiger partial charge in [-0.1, -0.05) is 15.9 Å². The summed E-state index contributed by atoms with van der Waals surface area (Å²) >= 11 is 3.52. The van der Waals surface area contributed by atoms with Crippen molar-refractivity contribution in [3.8, 4) is 11.6 Å². The summed E-state index contributed by atoms with van der Waals surface area (Å²) in [6, 6.07) is 10.4. The van der Waals surface area contributed by atoms with Gasteiger partial charge in [0, 0.05) is 41.3 Å². The van der Waals surface area contributed by atoms with Crippen molar-refractivity contribution in [1.29, 1.82) is 0 Å². The highest BCUT2D eigenvalue weighted by molar-refractivity contribution is 9.10. The van der Waals surface area contributed by atoms with Gasteiger partial charge in [0.15, 0.2) is 0 Å². The maximum Gasteiger partial charge on any atom is 0.213 e. The summed E-state index contributed by atoms with van der Waals surface area (Å²) in [6.45, 7) is 1.52. The third-order valence-electron chi connectivity index (χ3n) is 3.57. The summed E-state index contributed by atoms with van der Waals surface area (Å²) in [5.74, 6) is 1.61. The van der Waals surface area contributed by atoms with Crippen LogP contribution in [0.15, 0.2) is 41.0 Å². The van der Waals surface area contributed by atoms with Gasteiger partial charge in [-0.05, 0) is 29.8 Å². The topological polar surface area (TPSA) is 43.4 Å². The zero-order valence-corrected chi connectivity index (χ0v) is 13.4. The van der Waals surface area contributed by atoms with Gasteiger partial charge in [-0.2, -0.15) is 0 Å². The van der Waals surface area contributed by atoms with Crippen molar-refractivity contribution in [2.75, 3.05) is 13.7 Å². The number of rotatable bonds is 4. The third-order valence-corrected chi connectivity index (χ3v) is 4.07. The summed E-state index contributed by atoms with van der Waals surface area (Å²) in [4.78, 5) is 4.12. The number of benzene rings is 1. The van der Waals surface area contributed by atoms with Crippen LogP contribution in [-0.2, 0) is 6.54 Å². The fourth-order valence-electron chi connectivity index (χ4n) is 2.49. The van der Waals surface area contributed by atoms with Crippen LogP contribution >= 0.6 is 15.9 Å². The summed E-state index contributed by atoms with van der Waals surface area (Å²) < 4.78 is 11.9. The van der Waals surface area contributed by atoms with Crippen LogP contribution in [0.25, 0.3) is 0 Å². The molecule has 1 aliphatic heterocycles. The number of fused-ring (bicyclic) bond motifs is 1. The fraction of sp³-hybridized carbons (Fsp3) is 0.312. The van der Waals surface area contributed by atoms with E-state index in [4.69, 9.17) is 9.47 Å². The van der Waals surface area contributed by atoms with Crippen molar-refractivity contribution in [3.63, 3.8) is 0 Å². The molecule has 0 fully saturated rings. The van der Waals surface area contributed by atoms with Crippen molar-refractivity contribution in [1.82, 2.24) is 10.3 Å². The Morgan fingerprint density at radius 1 is 1.38 bits per heavy atom. The van der Waals surface area contributed by atoms with E-state index in [-0.39, 0.29) is 0 Å². The van der Waals surface area contributed by atoms with Crippen molar-refractivity contribution in [2.24, 2.45) is 0 Å². The quantitative estimate of drug-likeness (QED) is 0.918. The van der Waals surface area contributed by atoms with Gasteiger partial charge in [-0.25, -0.2) is 4.98 Å². The van der Waals surface area contributed by atoms with Crippen LogP contribution in [0, 0.1) is 0 Å². The highest BCUT2D eigenvalue weighted by Gasteiger charge is 2.21. The molecule has 1 aromatic heterocycles. The van der Waals surface area contributed by atoms with Crippen LogP contribution in [0.2, 0.25) is 0 Å². The number of methoxy groups -OCH3 is 1. The highest BCUT2D eigenvalue weighted by Crippen LogP contribution is 2.34. The largest absolute Gasteiger partial charge is 0.493 e. The lowest BCUT2D eigenvalue weighted by Gasteiger charge is -2.27. The monoisotopic (exact) mass is 348 g/mol.